The molecule has 2 amide bonds. The second kappa shape index (κ2) is 9.18. The number of hydrogen-bond donors (Lipinski definition) is 1. The van der Waals surface area contributed by atoms with E-state index in [9.17, 15) is 9.59 Å². The van der Waals surface area contributed by atoms with Crippen molar-refractivity contribution in [1.82, 2.24) is 10.2 Å². The Labute approximate surface area is 155 Å². The van der Waals surface area contributed by atoms with Gasteiger partial charge in [0.15, 0.2) is 0 Å². The van der Waals surface area contributed by atoms with E-state index in [1.54, 1.807) is 0 Å². The Hall–Kier alpha value is -2.62. The van der Waals surface area contributed by atoms with Crippen molar-refractivity contribution in [3.63, 3.8) is 0 Å². The molecular formula is C22H26N2O2. The summed E-state index contributed by atoms with van der Waals surface area (Å²) < 4.78 is 0. The number of carbonyl (C=O) groups is 2. The van der Waals surface area contributed by atoms with E-state index in [4.69, 9.17) is 0 Å². The lowest BCUT2D eigenvalue weighted by Crippen LogP contribution is -2.36. The fourth-order valence-electron chi connectivity index (χ4n) is 3.41. The molecule has 0 bridgehead atoms. The zero-order valence-corrected chi connectivity index (χ0v) is 15.1. The van der Waals surface area contributed by atoms with E-state index >= 15 is 0 Å². The van der Waals surface area contributed by atoms with Crippen LogP contribution in [0.1, 0.15) is 49.3 Å². The summed E-state index contributed by atoms with van der Waals surface area (Å²) in [5.41, 5.74) is 2.14. The van der Waals surface area contributed by atoms with Crippen LogP contribution in [0, 0.1) is 0 Å². The van der Waals surface area contributed by atoms with Gasteiger partial charge in [0.25, 0.3) is 0 Å². The van der Waals surface area contributed by atoms with Gasteiger partial charge in [0.2, 0.25) is 11.8 Å². The highest BCUT2D eigenvalue weighted by atomic mass is 16.2. The lowest BCUT2D eigenvalue weighted by molar-refractivity contribution is -0.133. The van der Waals surface area contributed by atoms with Crippen molar-refractivity contribution in [2.75, 3.05) is 13.1 Å². The van der Waals surface area contributed by atoms with Crippen molar-refractivity contribution >= 4 is 11.8 Å². The molecule has 0 atom stereocenters. The maximum absolute atomic E-state index is 12.5. The lowest BCUT2D eigenvalue weighted by atomic mass is 9.98. The SMILES string of the molecule is O=C(CCCN1CCCCC1=O)NC(c1ccccc1)c1ccccc1. The number of amides is 2. The minimum absolute atomic E-state index is 0.0205. The smallest absolute Gasteiger partial charge is 0.222 e. The molecule has 0 aliphatic carbocycles. The van der Waals surface area contributed by atoms with Crippen LogP contribution in [0.25, 0.3) is 0 Å². The number of nitrogens with one attached hydrogen (secondary N) is 1. The fourth-order valence-corrected chi connectivity index (χ4v) is 3.41. The van der Waals surface area contributed by atoms with Crippen molar-refractivity contribution in [1.29, 1.82) is 0 Å². The molecule has 0 aromatic heterocycles. The first-order valence-corrected chi connectivity index (χ1v) is 9.41. The third-order valence-corrected chi connectivity index (χ3v) is 4.82. The quantitative estimate of drug-likeness (QED) is 0.828. The summed E-state index contributed by atoms with van der Waals surface area (Å²) in [6.45, 7) is 1.50. The predicted octanol–water partition coefficient (Wildman–Crippen LogP) is 3.68. The normalized spacial score (nSPS) is 14.5. The average Bonchev–Trinajstić information content (AvgIpc) is 2.69. The Balaban J connectivity index is 1.58. The summed E-state index contributed by atoms with van der Waals surface area (Å²) in [5.74, 6) is 0.246. The molecule has 0 spiro atoms. The standard InChI is InChI=1S/C22H26N2O2/c25-20(14-9-17-24-16-8-7-15-21(24)26)23-22(18-10-3-1-4-11-18)19-12-5-2-6-13-19/h1-6,10-13,22H,7-9,14-17H2,(H,23,25). The zero-order valence-electron chi connectivity index (χ0n) is 15.1. The molecule has 2 aromatic carbocycles. The Morgan fingerprint density at radius 3 is 2.15 bits per heavy atom. The molecule has 0 saturated carbocycles. The van der Waals surface area contributed by atoms with Crippen molar-refractivity contribution < 1.29 is 9.59 Å². The largest absolute Gasteiger partial charge is 0.345 e. The van der Waals surface area contributed by atoms with Crippen LogP contribution in [0.5, 0.6) is 0 Å². The van der Waals surface area contributed by atoms with Crippen molar-refractivity contribution in [3.8, 4) is 0 Å². The number of rotatable bonds is 7. The molecule has 1 fully saturated rings. The van der Waals surface area contributed by atoms with E-state index in [-0.39, 0.29) is 17.9 Å². The number of nitrogens with zero attached hydrogens (tertiary/aromatic N) is 1. The van der Waals surface area contributed by atoms with Gasteiger partial charge in [-0.15, -0.1) is 0 Å². The molecule has 1 heterocycles. The molecule has 1 saturated heterocycles. The molecular weight excluding hydrogens is 324 g/mol. The third kappa shape index (κ3) is 4.94. The van der Waals surface area contributed by atoms with Gasteiger partial charge in [0, 0.05) is 25.9 Å². The van der Waals surface area contributed by atoms with Gasteiger partial charge in [0.05, 0.1) is 6.04 Å². The van der Waals surface area contributed by atoms with E-state index < -0.39 is 0 Å². The lowest BCUT2D eigenvalue weighted by Gasteiger charge is -2.26. The molecule has 1 N–H and O–H groups in total. The zero-order chi connectivity index (χ0) is 18.2. The van der Waals surface area contributed by atoms with Crippen LogP contribution in [-0.4, -0.2) is 29.8 Å². The van der Waals surface area contributed by atoms with Crippen molar-refractivity contribution in [2.24, 2.45) is 0 Å². The van der Waals surface area contributed by atoms with Crippen LogP contribution >= 0.6 is 0 Å². The predicted molar refractivity (Wildman–Crippen MR) is 103 cm³/mol. The van der Waals surface area contributed by atoms with Gasteiger partial charge in [-0.2, -0.15) is 0 Å². The first-order chi connectivity index (χ1) is 12.7. The Morgan fingerprint density at radius 2 is 1.58 bits per heavy atom. The maximum Gasteiger partial charge on any atom is 0.222 e. The van der Waals surface area contributed by atoms with Gasteiger partial charge in [-0.1, -0.05) is 60.7 Å². The van der Waals surface area contributed by atoms with Crippen molar-refractivity contribution in [2.45, 2.75) is 38.1 Å². The van der Waals surface area contributed by atoms with E-state index in [1.165, 1.54) is 0 Å². The molecule has 0 unspecified atom stereocenters. The number of likely N-dealkylation sites (tertiary alicyclic amines) is 1. The highest BCUT2D eigenvalue weighted by Crippen LogP contribution is 2.22. The van der Waals surface area contributed by atoms with Gasteiger partial charge >= 0.3 is 0 Å². The van der Waals surface area contributed by atoms with E-state index in [2.05, 4.69) is 5.32 Å². The first kappa shape index (κ1) is 18.2. The molecule has 26 heavy (non-hydrogen) atoms. The third-order valence-electron chi connectivity index (χ3n) is 4.82. The minimum atomic E-state index is -0.151. The Morgan fingerprint density at radius 1 is 0.962 bits per heavy atom. The summed E-state index contributed by atoms with van der Waals surface area (Å²) in [6, 6.07) is 19.9. The van der Waals surface area contributed by atoms with Crippen LogP contribution in [0.15, 0.2) is 60.7 Å². The molecule has 3 rings (SSSR count). The van der Waals surface area contributed by atoms with Crippen LogP contribution in [0.2, 0.25) is 0 Å². The van der Waals surface area contributed by atoms with E-state index in [0.717, 1.165) is 30.5 Å². The summed E-state index contributed by atoms with van der Waals surface area (Å²) in [4.78, 5) is 26.2. The highest BCUT2D eigenvalue weighted by Gasteiger charge is 2.19. The average molecular weight is 350 g/mol. The summed E-state index contributed by atoms with van der Waals surface area (Å²) >= 11 is 0. The van der Waals surface area contributed by atoms with E-state index in [1.807, 2.05) is 65.6 Å². The van der Waals surface area contributed by atoms with Crippen LogP contribution in [0.3, 0.4) is 0 Å². The summed E-state index contributed by atoms with van der Waals surface area (Å²) in [6.07, 6.45) is 3.85. The Bertz CT molecular complexity index is 676. The number of benzene rings is 2. The monoisotopic (exact) mass is 350 g/mol. The topological polar surface area (TPSA) is 49.4 Å². The molecule has 0 radical (unpaired) electrons. The fraction of sp³-hybridized carbons (Fsp3) is 0.364. The van der Waals surface area contributed by atoms with Gasteiger partial charge < -0.3 is 10.2 Å². The molecule has 4 heteroatoms. The number of carbonyl (C=O) groups excluding carboxylic acids is 2. The molecule has 4 nitrogen and oxygen atoms in total. The van der Waals surface area contributed by atoms with Gasteiger partial charge in [-0.3, -0.25) is 9.59 Å². The van der Waals surface area contributed by atoms with Gasteiger partial charge in [-0.05, 0) is 30.4 Å². The van der Waals surface area contributed by atoms with E-state index in [0.29, 0.717) is 25.8 Å². The molecule has 2 aromatic rings. The summed E-state index contributed by atoms with van der Waals surface area (Å²) in [5, 5.41) is 3.16. The van der Waals surface area contributed by atoms with Crippen LogP contribution in [0.4, 0.5) is 0 Å². The highest BCUT2D eigenvalue weighted by molar-refractivity contribution is 5.78. The number of piperidine rings is 1. The second-order valence-corrected chi connectivity index (χ2v) is 6.76. The molecule has 1 aliphatic rings. The minimum Gasteiger partial charge on any atom is -0.345 e. The molecule has 136 valence electrons. The van der Waals surface area contributed by atoms with Crippen molar-refractivity contribution in [3.05, 3.63) is 71.8 Å². The van der Waals surface area contributed by atoms with Gasteiger partial charge in [-0.25, -0.2) is 0 Å². The Kier molecular flexibility index (Phi) is 6.42. The van der Waals surface area contributed by atoms with Crippen LogP contribution in [-0.2, 0) is 9.59 Å². The maximum atomic E-state index is 12.5. The summed E-state index contributed by atoms with van der Waals surface area (Å²) in [7, 11) is 0. The van der Waals surface area contributed by atoms with Gasteiger partial charge in [0.1, 0.15) is 0 Å². The molecule has 1 aliphatic heterocycles. The van der Waals surface area contributed by atoms with Crippen LogP contribution < -0.4 is 5.32 Å². The first-order valence-electron chi connectivity index (χ1n) is 9.41. The second-order valence-electron chi connectivity index (χ2n) is 6.76. The number of hydrogen-bond acceptors (Lipinski definition) is 2.